The molecule has 0 fully saturated rings. The van der Waals surface area contributed by atoms with Crippen molar-refractivity contribution >= 4 is 16.6 Å². The van der Waals surface area contributed by atoms with Gasteiger partial charge in [0.25, 0.3) is 0 Å². The minimum Gasteiger partial charge on any atom is -0.513 e. The molecule has 0 saturated carbocycles. The summed E-state index contributed by atoms with van der Waals surface area (Å²) in [7, 11) is 3.94. The molecule has 2 unspecified atom stereocenters. The molecule has 1 aliphatic heterocycles. The molecule has 0 amide bonds. The van der Waals surface area contributed by atoms with E-state index < -0.39 is 0 Å². The van der Waals surface area contributed by atoms with Gasteiger partial charge in [-0.1, -0.05) is 53.3 Å². The average Bonchev–Trinajstić information content (AvgIpc) is 2.74. The fourth-order valence-corrected chi connectivity index (χ4v) is 6.28. The van der Waals surface area contributed by atoms with Crippen LogP contribution < -0.4 is 0 Å². The third kappa shape index (κ3) is 3.96. The molecule has 2 aliphatic rings. The highest BCUT2D eigenvalue weighted by atomic mass is 16.5. The molecule has 0 spiro atoms. The van der Waals surface area contributed by atoms with Gasteiger partial charge >= 0.3 is 0 Å². The maximum absolute atomic E-state index is 10.3. The lowest BCUT2D eigenvalue weighted by atomic mass is 9.62. The number of hydrogen-bond donors (Lipinski definition) is 1. The molecule has 4 rings (SSSR count). The molecular formula is C30H40N2O2. The van der Waals surface area contributed by atoms with Gasteiger partial charge in [-0.2, -0.15) is 0 Å². The number of aromatic nitrogens is 1. The van der Waals surface area contributed by atoms with Crippen LogP contribution in [0.3, 0.4) is 0 Å². The van der Waals surface area contributed by atoms with E-state index in [1.807, 2.05) is 12.3 Å². The van der Waals surface area contributed by atoms with Gasteiger partial charge in [0.1, 0.15) is 0 Å². The van der Waals surface area contributed by atoms with Crippen LogP contribution in [0.25, 0.3) is 16.6 Å². The van der Waals surface area contributed by atoms with Crippen molar-refractivity contribution in [1.29, 1.82) is 0 Å². The molecule has 0 saturated heterocycles. The van der Waals surface area contributed by atoms with Gasteiger partial charge in [0.05, 0.1) is 11.3 Å². The summed E-state index contributed by atoms with van der Waals surface area (Å²) in [6.45, 7) is 18.3. The van der Waals surface area contributed by atoms with Crippen molar-refractivity contribution in [1.82, 2.24) is 9.88 Å². The Labute approximate surface area is 205 Å². The number of aliphatic hydroxyl groups is 1. The maximum atomic E-state index is 10.3. The third-order valence-electron chi connectivity index (χ3n) is 7.60. The number of methoxy groups -OCH3 is 1. The molecule has 1 N–H and O–H groups in total. The van der Waals surface area contributed by atoms with Gasteiger partial charge in [-0.15, -0.1) is 0 Å². The molecule has 2 heterocycles. The molecule has 0 radical (unpaired) electrons. The van der Waals surface area contributed by atoms with Crippen LogP contribution in [0.2, 0.25) is 0 Å². The van der Waals surface area contributed by atoms with Crippen LogP contribution in [-0.2, 0) is 10.2 Å². The SMILES string of the molecule is C=C(O)CC1C(CCOC)c2cc3ncccc3c3c2C(=C(C)/C(=C\C(C)(C)C)C3(C)C)N1C. The molecule has 2 aromatic rings. The molecule has 34 heavy (non-hydrogen) atoms. The van der Waals surface area contributed by atoms with Crippen molar-refractivity contribution in [2.24, 2.45) is 5.41 Å². The smallest absolute Gasteiger partial charge is 0.0871 e. The highest BCUT2D eigenvalue weighted by Crippen LogP contribution is 2.56. The first-order valence-electron chi connectivity index (χ1n) is 12.3. The van der Waals surface area contributed by atoms with Crippen LogP contribution in [0.1, 0.15) is 77.0 Å². The highest BCUT2D eigenvalue weighted by Gasteiger charge is 2.46. The number of rotatable bonds is 5. The Hall–Kier alpha value is -2.59. The topological polar surface area (TPSA) is 45.6 Å². The summed E-state index contributed by atoms with van der Waals surface area (Å²) >= 11 is 0. The second-order valence-corrected chi connectivity index (χ2v) is 11.6. The number of allylic oxidation sites excluding steroid dienone is 3. The first kappa shape index (κ1) is 24.5. The number of pyridine rings is 1. The molecule has 1 aliphatic carbocycles. The molecule has 0 bridgehead atoms. The Morgan fingerprint density at radius 3 is 2.65 bits per heavy atom. The lowest BCUT2D eigenvalue weighted by Crippen LogP contribution is -2.44. The number of benzene rings is 1. The Morgan fingerprint density at radius 2 is 2.03 bits per heavy atom. The molecular weight excluding hydrogens is 420 g/mol. The molecule has 2 atom stereocenters. The van der Waals surface area contributed by atoms with Crippen molar-refractivity contribution in [2.75, 3.05) is 20.8 Å². The molecule has 4 heteroatoms. The van der Waals surface area contributed by atoms with E-state index in [0.717, 1.165) is 11.9 Å². The largest absolute Gasteiger partial charge is 0.513 e. The number of fused-ring (bicyclic) bond motifs is 2. The summed E-state index contributed by atoms with van der Waals surface area (Å²) in [5.74, 6) is 0.427. The van der Waals surface area contributed by atoms with Crippen molar-refractivity contribution in [3.63, 3.8) is 0 Å². The predicted molar refractivity (Wildman–Crippen MR) is 142 cm³/mol. The molecule has 1 aromatic carbocycles. The lowest BCUT2D eigenvalue weighted by molar-refractivity contribution is 0.163. The second kappa shape index (κ2) is 8.57. The summed E-state index contributed by atoms with van der Waals surface area (Å²) in [6.07, 6.45) is 5.73. The van der Waals surface area contributed by atoms with Gasteiger partial charge in [0.15, 0.2) is 0 Å². The Bertz CT molecular complexity index is 1200. The normalized spacial score (nSPS) is 22.9. The van der Waals surface area contributed by atoms with E-state index >= 15 is 0 Å². The van der Waals surface area contributed by atoms with E-state index in [1.165, 1.54) is 38.9 Å². The first-order chi connectivity index (χ1) is 15.9. The van der Waals surface area contributed by atoms with Crippen molar-refractivity contribution in [2.45, 2.75) is 71.8 Å². The zero-order valence-corrected chi connectivity index (χ0v) is 22.1. The van der Waals surface area contributed by atoms with Gasteiger partial charge in [-0.25, -0.2) is 0 Å². The average molecular weight is 461 g/mol. The summed E-state index contributed by atoms with van der Waals surface area (Å²) < 4.78 is 5.53. The molecule has 4 nitrogen and oxygen atoms in total. The zero-order valence-electron chi connectivity index (χ0n) is 22.1. The number of nitrogens with zero attached hydrogens (tertiary/aromatic N) is 2. The van der Waals surface area contributed by atoms with Crippen LogP contribution >= 0.6 is 0 Å². The second-order valence-electron chi connectivity index (χ2n) is 11.6. The van der Waals surface area contributed by atoms with Crippen molar-refractivity contribution in [3.05, 3.63) is 70.6 Å². The number of ether oxygens (including phenoxy) is 1. The van der Waals surface area contributed by atoms with Crippen LogP contribution in [0.4, 0.5) is 0 Å². The van der Waals surface area contributed by atoms with Crippen LogP contribution in [-0.4, -0.2) is 41.8 Å². The number of hydrogen-bond acceptors (Lipinski definition) is 4. The van der Waals surface area contributed by atoms with Gasteiger partial charge in [0.2, 0.25) is 0 Å². The van der Waals surface area contributed by atoms with Gasteiger partial charge < -0.3 is 14.7 Å². The van der Waals surface area contributed by atoms with Crippen molar-refractivity contribution in [3.8, 4) is 0 Å². The number of aliphatic hydroxyl groups excluding tert-OH is 1. The monoisotopic (exact) mass is 460 g/mol. The fourth-order valence-electron chi connectivity index (χ4n) is 6.28. The van der Waals surface area contributed by atoms with Crippen molar-refractivity contribution < 1.29 is 9.84 Å². The van der Waals surface area contributed by atoms with Gasteiger partial charge in [-0.3, -0.25) is 4.98 Å². The van der Waals surface area contributed by atoms with Crippen LogP contribution in [0.15, 0.2) is 54.0 Å². The van der Waals surface area contributed by atoms with E-state index in [9.17, 15) is 5.11 Å². The van der Waals surface area contributed by atoms with Gasteiger partial charge in [-0.05, 0) is 53.2 Å². The molecule has 1 aromatic heterocycles. The first-order valence-corrected chi connectivity index (χ1v) is 12.3. The fraction of sp³-hybridized carbons (Fsp3) is 0.500. The highest BCUT2D eigenvalue weighted by molar-refractivity contribution is 5.95. The molecule has 182 valence electrons. The quantitative estimate of drug-likeness (QED) is 0.482. The standard InChI is InChI=1S/C30H40N2O2/c1-18(33)15-25-20(12-14-34-9)22-16-24-21(11-10-13-31-24)27-26(22)28(32(25)8)19(2)23(30(27,6)7)17-29(3,4)5/h10-11,13,16-17,20,25,33H,1,12,14-15H2,2-9H3/b23-17+. The minimum atomic E-state index is -0.173. The Morgan fingerprint density at radius 1 is 1.32 bits per heavy atom. The number of likely N-dealkylation sites (N-methyl/N-ethyl adjacent to an activating group) is 1. The summed E-state index contributed by atoms with van der Waals surface area (Å²) in [4.78, 5) is 7.20. The lowest BCUT2D eigenvalue weighted by Gasteiger charge is -2.50. The Kier molecular flexibility index (Phi) is 6.18. The van der Waals surface area contributed by atoms with Crippen LogP contribution in [0.5, 0.6) is 0 Å². The summed E-state index contributed by atoms with van der Waals surface area (Å²) in [6, 6.07) is 6.65. The summed E-state index contributed by atoms with van der Waals surface area (Å²) in [5.41, 5.74) is 8.89. The van der Waals surface area contributed by atoms with E-state index in [2.05, 4.69) is 78.3 Å². The van der Waals surface area contributed by atoms with E-state index in [0.29, 0.717) is 13.0 Å². The zero-order chi connectivity index (χ0) is 25.0. The predicted octanol–water partition coefficient (Wildman–Crippen LogP) is 7.13. The maximum Gasteiger partial charge on any atom is 0.0871 e. The van der Waals surface area contributed by atoms with E-state index in [4.69, 9.17) is 9.72 Å². The van der Waals surface area contributed by atoms with Gasteiger partial charge in [0, 0.05) is 67.4 Å². The van der Waals surface area contributed by atoms with Crippen LogP contribution in [0, 0.1) is 5.41 Å². The van der Waals surface area contributed by atoms with E-state index in [1.54, 1.807) is 7.11 Å². The Balaban J connectivity index is 2.15. The minimum absolute atomic E-state index is 0.0462. The van der Waals surface area contributed by atoms with E-state index in [-0.39, 0.29) is 28.5 Å². The summed E-state index contributed by atoms with van der Waals surface area (Å²) in [5, 5.41) is 11.5. The third-order valence-corrected chi connectivity index (χ3v) is 7.60.